The highest BCUT2D eigenvalue weighted by atomic mass is 15.1. The Labute approximate surface area is 118 Å². The van der Waals surface area contributed by atoms with Crippen LogP contribution < -0.4 is 10.2 Å². The summed E-state index contributed by atoms with van der Waals surface area (Å²) < 4.78 is 0. The van der Waals surface area contributed by atoms with Crippen LogP contribution in [-0.4, -0.2) is 20.1 Å². The van der Waals surface area contributed by atoms with Crippen molar-refractivity contribution >= 4 is 11.4 Å². The molecule has 0 bridgehead atoms. The van der Waals surface area contributed by atoms with Gasteiger partial charge in [0, 0.05) is 31.5 Å². The number of nitrogens with one attached hydrogen (secondary N) is 1. The third-order valence-electron chi connectivity index (χ3n) is 4.66. The van der Waals surface area contributed by atoms with Gasteiger partial charge < -0.3 is 10.2 Å². The number of aryl methyl sites for hydroxylation is 1. The number of rotatable bonds is 3. The van der Waals surface area contributed by atoms with Gasteiger partial charge in [-0.1, -0.05) is 19.9 Å². The fraction of sp³-hybridized carbons (Fsp3) is 0.647. The van der Waals surface area contributed by atoms with E-state index < -0.39 is 0 Å². The fourth-order valence-electron chi connectivity index (χ4n) is 3.10. The van der Waals surface area contributed by atoms with Gasteiger partial charge in [-0.05, 0) is 55.7 Å². The van der Waals surface area contributed by atoms with Crippen LogP contribution in [0, 0.1) is 18.8 Å². The van der Waals surface area contributed by atoms with Crippen LogP contribution in [-0.2, 0) is 0 Å². The van der Waals surface area contributed by atoms with Crippen LogP contribution in [0.1, 0.15) is 38.7 Å². The SMILES string of the molecule is Cc1ccc(NC2CCC(C)C(C)C2)cc1N(C)C. The Hall–Kier alpha value is -1.18. The maximum Gasteiger partial charge on any atom is 0.0411 e. The second-order valence-corrected chi connectivity index (χ2v) is 6.50. The largest absolute Gasteiger partial charge is 0.382 e. The molecule has 1 aromatic carbocycles. The van der Waals surface area contributed by atoms with Gasteiger partial charge in [-0.3, -0.25) is 0 Å². The second-order valence-electron chi connectivity index (χ2n) is 6.50. The Morgan fingerprint density at radius 2 is 1.84 bits per heavy atom. The number of nitrogens with zero attached hydrogens (tertiary/aromatic N) is 1. The summed E-state index contributed by atoms with van der Waals surface area (Å²) in [5.74, 6) is 1.72. The van der Waals surface area contributed by atoms with Crippen molar-refractivity contribution in [2.45, 2.75) is 46.1 Å². The standard InChI is InChI=1S/C17H28N2/c1-12-6-8-15(10-14(12)3)18-16-9-7-13(2)17(11-16)19(4)5/h7,9,11-12,14-15,18H,6,8,10H2,1-5H3. The zero-order valence-corrected chi connectivity index (χ0v) is 13.0. The average molecular weight is 260 g/mol. The minimum absolute atomic E-state index is 0.643. The van der Waals surface area contributed by atoms with Crippen LogP contribution in [0.25, 0.3) is 0 Å². The Bertz CT molecular complexity index is 425. The highest BCUT2D eigenvalue weighted by Crippen LogP contribution is 2.32. The molecule has 1 aromatic rings. The van der Waals surface area contributed by atoms with Gasteiger partial charge in [-0.15, -0.1) is 0 Å². The maximum atomic E-state index is 3.73. The Balaban J connectivity index is 2.05. The van der Waals surface area contributed by atoms with Crippen LogP contribution in [0.5, 0.6) is 0 Å². The first-order valence-corrected chi connectivity index (χ1v) is 7.52. The molecule has 0 aromatic heterocycles. The van der Waals surface area contributed by atoms with Gasteiger partial charge in [0.15, 0.2) is 0 Å². The summed E-state index contributed by atoms with van der Waals surface area (Å²) in [6.45, 7) is 6.94. The first-order valence-electron chi connectivity index (χ1n) is 7.52. The lowest BCUT2D eigenvalue weighted by molar-refractivity contribution is 0.261. The molecule has 2 rings (SSSR count). The molecule has 0 aliphatic heterocycles. The van der Waals surface area contributed by atoms with Crippen LogP contribution >= 0.6 is 0 Å². The third kappa shape index (κ3) is 3.43. The number of hydrogen-bond acceptors (Lipinski definition) is 2. The summed E-state index contributed by atoms with van der Waals surface area (Å²) in [4.78, 5) is 2.19. The van der Waals surface area contributed by atoms with Crippen molar-refractivity contribution < 1.29 is 0 Å². The van der Waals surface area contributed by atoms with E-state index >= 15 is 0 Å². The normalized spacial score (nSPS) is 27.1. The van der Waals surface area contributed by atoms with E-state index in [4.69, 9.17) is 0 Å². The lowest BCUT2D eigenvalue weighted by Gasteiger charge is -2.33. The maximum absolute atomic E-state index is 3.73. The van der Waals surface area contributed by atoms with Gasteiger partial charge in [0.25, 0.3) is 0 Å². The smallest absolute Gasteiger partial charge is 0.0411 e. The second kappa shape index (κ2) is 5.85. The number of hydrogen-bond donors (Lipinski definition) is 1. The molecule has 19 heavy (non-hydrogen) atoms. The summed E-state index contributed by atoms with van der Waals surface area (Å²) in [6.07, 6.45) is 3.95. The first kappa shape index (κ1) is 14.2. The molecule has 0 amide bonds. The van der Waals surface area contributed by atoms with Crippen molar-refractivity contribution in [3.63, 3.8) is 0 Å². The van der Waals surface area contributed by atoms with Gasteiger partial charge in [-0.25, -0.2) is 0 Å². The zero-order valence-electron chi connectivity index (χ0n) is 13.0. The monoisotopic (exact) mass is 260 g/mol. The molecule has 1 N–H and O–H groups in total. The molecule has 3 unspecified atom stereocenters. The van der Waals surface area contributed by atoms with E-state index in [1.165, 1.54) is 36.2 Å². The first-order chi connectivity index (χ1) is 8.97. The molecular formula is C17H28N2. The highest BCUT2D eigenvalue weighted by Gasteiger charge is 2.24. The average Bonchev–Trinajstić information content (AvgIpc) is 2.36. The van der Waals surface area contributed by atoms with E-state index in [1.54, 1.807) is 0 Å². The van der Waals surface area contributed by atoms with Gasteiger partial charge >= 0.3 is 0 Å². The van der Waals surface area contributed by atoms with Gasteiger partial charge in [0.1, 0.15) is 0 Å². The molecule has 0 radical (unpaired) electrons. The molecular weight excluding hydrogens is 232 g/mol. The summed E-state index contributed by atoms with van der Waals surface area (Å²) in [6, 6.07) is 7.35. The van der Waals surface area contributed by atoms with Crippen molar-refractivity contribution in [3.8, 4) is 0 Å². The molecule has 2 heteroatoms. The predicted octanol–water partition coefficient (Wildman–Crippen LogP) is 4.30. The Morgan fingerprint density at radius 1 is 1.11 bits per heavy atom. The topological polar surface area (TPSA) is 15.3 Å². The molecule has 0 saturated heterocycles. The Morgan fingerprint density at radius 3 is 2.47 bits per heavy atom. The lowest BCUT2D eigenvalue weighted by atomic mass is 9.79. The van der Waals surface area contributed by atoms with Crippen LogP contribution in [0.2, 0.25) is 0 Å². The molecule has 1 aliphatic carbocycles. The van der Waals surface area contributed by atoms with E-state index in [0.29, 0.717) is 6.04 Å². The van der Waals surface area contributed by atoms with Gasteiger partial charge in [0.2, 0.25) is 0 Å². The van der Waals surface area contributed by atoms with E-state index in [2.05, 4.69) is 63.3 Å². The zero-order chi connectivity index (χ0) is 14.0. The van der Waals surface area contributed by atoms with Crippen molar-refractivity contribution in [3.05, 3.63) is 23.8 Å². The van der Waals surface area contributed by atoms with Crippen molar-refractivity contribution in [2.24, 2.45) is 11.8 Å². The molecule has 2 nitrogen and oxygen atoms in total. The minimum Gasteiger partial charge on any atom is -0.382 e. The third-order valence-corrected chi connectivity index (χ3v) is 4.66. The molecule has 0 spiro atoms. The van der Waals surface area contributed by atoms with E-state index in [9.17, 15) is 0 Å². The molecule has 3 atom stereocenters. The quantitative estimate of drug-likeness (QED) is 0.871. The highest BCUT2D eigenvalue weighted by molar-refractivity contribution is 5.62. The van der Waals surface area contributed by atoms with Gasteiger partial charge in [-0.2, -0.15) is 0 Å². The van der Waals surface area contributed by atoms with Gasteiger partial charge in [0.05, 0.1) is 0 Å². The summed E-state index contributed by atoms with van der Waals surface area (Å²) in [7, 11) is 4.22. The molecule has 1 saturated carbocycles. The predicted molar refractivity (Wildman–Crippen MR) is 85.1 cm³/mol. The van der Waals surface area contributed by atoms with Crippen LogP contribution in [0.3, 0.4) is 0 Å². The summed E-state index contributed by atoms with van der Waals surface area (Å²) >= 11 is 0. The number of benzene rings is 1. The van der Waals surface area contributed by atoms with Crippen molar-refractivity contribution in [1.82, 2.24) is 0 Å². The van der Waals surface area contributed by atoms with E-state index in [-0.39, 0.29) is 0 Å². The van der Waals surface area contributed by atoms with E-state index in [0.717, 1.165) is 11.8 Å². The molecule has 1 aliphatic rings. The van der Waals surface area contributed by atoms with Crippen molar-refractivity contribution in [1.29, 1.82) is 0 Å². The molecule has 106 valence electrons. The molecule has 1 fully saturated rings. The number of anilines is 2. The molecule has 0 heterocycles. The summed E-state index contributed by atoms with van der Waals surface area (Å²) in [5.41, 5.74) is 3.91. The van der Waals surface area contributed by atoms with Crippen LogP contribution in [0.4, 0.5) is 11.4 Å². The van der Waals surface area contributed by atoms with E-state index in [1.807, 2.05) is 0 Å². The fourth-order valence-corrected chi connectivity index (χ4v) is 3.10. The van der Waals surface area contributed by atoms with Crippen molar-refractivity contribution in [2.75, 3.05) is 24.3 Å². The minimum atomic E-state index is 0.643. The summed E-state index contributed by atoms with van der Waals surface area (Å²) in [5, 5.41) is 3.73. The van der Waals surface area contributed by atoms with Crippen LogP contribution in [0.15, 0.2) is 18.2 Å². The lowest BCUT2D eigenvalue weighted by Crippen LogP contribution is -2.30. The Kier molecular flexibility index (Phi) is 4.38.